The molecule has 1 amide bonds. The van der Waals surface area contributed by atoms with Gasteiger partial charge in [-0.2, -0.15) is 0 Å². The first-order chi connectivity index (χ1) is 12.9. The lowest BCUT2D eigenvalue weighted by Gasteiger charge is -2.10. The summed E-state index contributed by atoms with van der Waals surface area (Å²) in [5.74, 6) is 0.114. The molecule has 0 radical (unpaired) electrons. The van der Waals surface area contributed by atoms with Crippen LogP contribution in [0.2, 0.25) is 5.02 Å². The summed E-state index contributed by atoms with van der Waals surface area (Å²) < 4.78 is 32.1. The topological polar surface area (TPSA) is 84.5 Å². The van der Waals surface area contributed by atoms with Crippen LogP contribution >= 0.6 is 11.6 Å². The smallest absolute Gasteiger partial charge is 0.258 e. The summed E-state index contributed by atoms with van der Waals surface area (Å²) in [5.41, 5.74) is 0.817. The van der Waals surface area contributed by atoms with Crippen molar-refractivity contribution in [2.24, 2.45) is 0 Å². The van der Waals surface area contributed by atoms with Crippen LogP contribution in [0.25, 0.3) is 0 Å². The lowest BCUT2D eigenvalue weighted by atomic mass is 10.2. The number of sulfonamides is 1. The van der Waals surface area contributed by atoms with E-state index in [9.17, 15) is 13.2 Å². The second kappa shape index (κ2) is 10.3. The zero-order chi connectivity index (χ0) is 19.7. The van der Waals surface area contributed by atoms with E-state index in [1.165, 1.54) is 24.3 Å². The molecule has 2 aromatic rings. The quantitative estimate of drug-likeness (QED) is 0.589. The van der Waals surface area contributed by atoms with Gasteiger partial charge in [0.15, 0.2) is 6.61 Å². The fourth-order valence-corrected chi connectivity index (χ4v) is 3.49. The zero-order valence-corrected chi connectivity index (χ0v) is 16.6. The Morgan fingerprint density at radius 1 is 1.11 bits per heavy atom. The molecule has 0 aromatic heterocycles. The van der Waals surface area contributed by atoms with E-state index in [4.69, 9.17) is 16.3 Å². The van der Waals surface area contributed by atoms with Crippen LogP contribution in [0.15, 0.2) is 53.4 Å². The third-order valence-corrected chi connectivity index (χ3v) is 5.61. The number of ether oxygens (including phenoxy) is 1. The van der Waals surface area contributed by atoms with E-state index in [0.29, 0.717) is 23.9 Å². The highest BCUT2D eigenvalue weighted by atomic mass is 35.5. The second-order valence-corrected chi connectivity index (χ2v) is 8.05. The Morgan fingerprint density at radius 3 is 2.48 bits per heavy atom. The molecule has 0 aliphatic carbocycles. The lowest BCUT2D eigenvalue weighted by Crippen LogP contribution is -2.28. The van der Waals surface area contributed by atoms with Gasteiger partial charge in [-0.25, -0.2) is 13.1 Å². The summed E-state index contributed by atoms with van der Waals surface area (Å²) in [5, 5.41) is 3.31. The summed E-state index contributed by atoms with van der Waals surface area (Å²) >= 11 is 6.04. The van der Waals surface area contributed by atoms with Crippen molar-refractivity contribution < 1.29 is 17.9 Å². The number of hydrogen-bond donors (Lipinski definition) is 2. The standard InChI is InChI=1S/C19H23ClN2O4S/c1-2-3-12-22-27(24,25)17-10-8-16(9-11-17)26-14-19(23)21-13-15-6-4-5-7-18(15)20/h4-11,22H,2-3,12-14H2,1H3,(H,21,23). The van der Waals surface area contributed by atoms with Gasteiger partial charge in [0.25, 0.3) is 5.91 Å². The van der Waals surface area contributed by atoms with Crippen LogP contribution in [0.1, 0.15) is 25.3 Å². The Kier molecular flexibility index (Phi) is 8.09. The minimum atomic E-state index is -3.52. The van der Waals surface area contributed by atoms with Crippen LogP contribution in [0.5, 0.6) is 5.75 Å². The van der Waals surface area contributed by atoms with Crippen molar-refractivity contribution in [1.82, 2.24) is 10.0 Å². The molecule has 0 fully saturated rings. The van der Waals surface area contributed by atoms with Crippen LogP contribution in [0, 0.1) is 0 Å². The van der Waals surface area contributed by atoms with Crippen LogP contribution < -0.4 is 14.8 Å². The summed E-state index contributed by atoms with van der Waals surface area (Å²) in [4.78, 5) is 12.1. The Hall–Kier alpha value is -2.09. The van der Waals surface area contributed by atoms with Crippen molar-refractivity contribution in [2.75, 3.05) is 13.2 Å². The van der Waals surface area contributed by atoms with Crippen molar-refractivity contribution >= 4 is 27.5 Å². The maximum absolute atomic E-state index is 12.1. The predicted molar refractivity (Wildman–Crippen MR) is 105 cm³/mol. The average molecular weight is 411 g/mol. The van der Waals surface area contributed by atoms with Gasteiger partial charge in [-0.1, -0.05) is 43.1 Å². The Labute approximate surface area is 164 Å². The van der Waals surface area contributed by atoms with Crippen LogP contribution in [-0.4, -0.2) is 27.5 Å². The maximum Gasteiger partial charge on any atom is 0.258 e. The molecular weight excluding hydrogens is 388 g/mol. The number of hydrogen-bond acceptors (Lipinski definition) is 4. The van der Waals surface area contributed by atoms with E-state index < -0.39 is 10.0 Å². The molecule has 27 heavy (non-hydrogen) atoms. The van der Waals surface area contributed by atoms with Gasteiger partial charge in [-0.05, 0) is 42.3 Å². The highest BCUT2D eigenvalue weighted by molar-refractivity contribution is 7.89. The SMILES string of the molecule is CCCCNS(=O)(=O)c1ccc(OCC(=O)NCc2ccccc2Cl)cc1. The molecular formula is C19H23ClN2O4S. The molecule has 0 aliphatic rings. The van der Waals surface area contributed by atoms with Crippen LogP contribution in [0.3, 0.4) is 0 Å². The first-order valence-electron chi connectivity index (χ1n) is 8.65. The van der Waals surface area contributed by atoms with Gasteiger partial charge in [0.05, 0.1) is 4.90 Å². The van der Waals surface area contributed by atoms with Gasteiger partial charge in [-0.15, -0.1) is 0 Å². The largest absolute Gasteiger partial charge is 0.484 e. The number of halogens is 1. The first kappa shape index (κ1) is 21.2. The third-order valence-electron chi connectivity index (χ3n) is 3.76. The number of benzene rings is 2. The molecule has 0 aliphatic heterocycles. The van der Waals surface area contributed by atoms with E-state index in [0.717, 1.165) is 18.4 Å². The summed E-state index contributed by atoms with van der Waals surface area (Å²) in [7, 11) is -3.52. The van der Waals surface area contributed by atoms with E-state index in [-0.39, 0.29) is 17.4 Å². The molecule has 0 saturated heterocycles. The van der Waals surface area contributed by atoms with E-state index in [1.807, 2.05) is 25.1 Å². The number of carbonyl (C=O) groups is 1. The maximum atomic E-state index is 12.1. The fourth-order valence-electron chi connectivity index (χ4n) is 2.22. The van der Waals surface area contributed by atoms with Crippen LogP contribution in [-0.2, 0) is 21.4 Å². The molecule has 0 unspecified atom stereocenters. The molecule has 6 nitrogen and oxygen atoms in total. The van der Waals surface area contributed by atoms with E-state index >= 15 is 0 Å². The molecule has 0 heterocycles. The molecule has 0 bridgehead atoms. The zero-order valence-electron chi connectivity index (χ0n) is 15.1. The van der Waals surface area contributed by atoms with Gasteiger partial charge >= 0.3 is 0 Å². The second-order valence-electron chi connectivity index (χ2n) is 5.88. The monoisotopic (exact) mass is 410 g/mol. The van der Waals surface area contributed by atoms with Crippen molar-refractivity contribution in [2.45, 2.75) is 31.2 Å². The van der Waals surface area contributed by atoms with Crippen molar-refractivity contribution in [3.05, 3.63) is 59.1 Å². The van der Waals surface area contributed by atoms with Gasteiger partial charge < -0.3 is 10.1 Å². The number of carbonyl (C=O) groups excluding carboxylic acids is 1. The van der Waals surface area contributed by atoms with Gasteiger partial charge in [-0.3, -0.25) is 4.79 Å². The van der Waals surface area contributed by atoms with Crippen molar-refractivity contribution in [3.8, 4) is 5.75 Å². The molecule has 0 saturated carbocycles. The molecule has 0 atom stereocenters. The Balaban J connectivity index is 1.82. The fraction of sp³-hybridized carbons (Fsp3) is 0.316. The molecule has 8 heteroatoms. The van der Waals surface area contributed by atoms with Crippen molar-refractivity contribution in [1.29, 1.82) is 0 Å². The third kappa shape index (κ3) is 6.86. The molecule has 2 N–H and O–H groups in total. The highest BCUT2D eigenvalue weighted by Gasteiger charge is 2.13. The Morgan fingerprint density at radius 2 is 1.81 bits per heavy atom. The molecule has 0 spiro atoms. The number of amides is 1. The minimum absolute atomic E-state index is 0.161. The molecule has 2 rings (SSSR count). The summed E-state index contributed by atoms with van der Waals surface area (Å²) in [6.45, 7) is 2.53. The Bertz CT molecular complexity index is 854. The molecule has 2 aromatic carbocycles. The summed E-state index contributed by atoms with van der Waals surface area (Å²) in [6.07, 6.45) is 1.69. The van der Waals surface area contributed by atoms with E-state index in [1.54, 1.807) is 6.07 Å². The highest BCUT2D eigenvalue weighted by Crippen LogP contribution is 2.16. The normalized spacial score (nSPS) is 11.2. The van der Waals surface area contributed by atoms with Gasteiger partial charge in [0.1, 0.15) is 5.75 Å². The summed E-state index contributed by atoms with van der Waals surface area (Å²) in [6, 6.07) is 13.2. The minimum Gasteiger partial charge on any atom is -0.484 e. The van der Waals surface area contributed by atoms with Crippen LogP contribution in [0.4, 0.5) is 0 Å². The first-order valence-corrected chi connectivity index (χ1v) is 10.5. The predicted octanol–water partition coefficient (Wildman–Crippen LogP) is 3.11. The lowest BCUT2D eigenvalue weighted by molar-refractivity contribution is -0.123. The average Bonchev–Trinajstić information content (AvgIpc) is 2.66. The number of unbranched alkanes of at least 4 members (excludes halogenated alkanes) is 1. The van der Waals surface area contributed by atoms with Gasteiger partial charge in [0, 0.05) is 18.1 Å². The van der Waals surface area contributed by atoms with Crippen molar-refractivity contribution in [3.63, 3.8) is 0 Å². The van der Waals surface area contributed by atoms with E-state index in [2.05, 4.69) is 10.0 Å². The molecule has 146 valence electrons. The number of nitrogens with one attached hydrogen (secondary N) is 2. The number of rotatable bonds is 10. The van der Waals surface area contributed by atoms with Gasteiger partial charge in [0.2, 0.25) is 10.0 Å².